The highest BCUT2D eigenvalue weighted by Gasteiger charge is 2.09. The Bertz CT molecular complexity index is 679. The van der Waals surface area contributed by atoms with Crippen LogP contribution in [0, 0.1) is 0 Å². The van der Waals surface area contributed by atoms with Gasteiger partial charge in [0, 0.05) is 48.9 Å². The summed E-state index contributed by atoms with van der Waals surface area (Å²) in [6.45, 7) is 0. The Morgan fingerprint density at radius 3 is 2.13 bits per heavy atom. The number of benzene rings is 2. The molecule has 0 aliphatic carbocycles. The SMILES string of the molecule is CN(C)c1ccc(NC(=O)CCC(=O)c2ccc(Cl)cc2)cc1. The summed E-state index contributed by atoms with van der Waals surface area (Å²) in [6.07, 6.45) is 0.320. The number of carbonyl (C=O) groups excluding carboxylic acids is 2. The largest absolute Gasteiger partial charge is 0.378 e. The van der Waals surface area contributed by atoms with Crippen LogP contribution in [-0.2, 0) is 4.79 Å². The highest BCUT2D eigenvalue weighted by molar-refractivity contribution is 6.30. The minimum absolute atomic E-state index is 0.0697. The van der Waals surface area contributed by atoms with Gasteiger partial charge in [0.25, 0.3) is 0 Å². The van der Waals surface area contributed by atoms with E-state index in [1.165, 1.54) is 0 Å². The van der Waals surface area contributed by atoms with Crippen molar-refractivity contribution in [2.75, 3.05) is 24.3 Å². The lowest BCUT2D eigenvalue weighted by Crippen LogP contribution is -2.14. The molecule has 1 amide bonds. The molecule has 0 aliphatic heterocycles. The normalized spacial score (nSPS) is 10.2. The fourth-order valence-electron chi connectivity index (χ4n) is 2.07. The monoisotopic (exact) mass is 330 g/mol. The number of hydrogen-bond acceptors (Lipinski definition) is 3. The van der Waals surface area contributed by atoms with Crippen LogP contribution in [0.4, 0.5) is 11.4 Å². The zero-order valence-electron chi connectivity index (χ0n) is 13.2. The second-order valence-electron chi connectivity index (χ2n) is 5.42. The molecule has 0 saturated carbocycles. The van der Waals surface area contributed by atoms with E-state index in [2.05, 4.69) is 5.32 Å². The topological polar surface area (TPSA) is 49.4 Å². The number of amides is 1. The molecule has 2 aromatic carbocycles. The molecular weight excluding hydrogens is 312 g/mol. The summed E-state index contributed by atoms with van der Waals surface area (Å²) in [5.41, 5.74) is 2.35. The molecule has 0 saturated heterocycles. The molecule has 0 spiro atoms. The van der Waals surface area contributed by atoms with E-state index in [4.69, 9.17) is 11.6 Å². The minimum atomic E-state index is -0.176. The van der Waals surface area contributed by atoms with E-state index in [0.717, 1.165) is 11.4 Å². The maximum atomic E-state index is 12.0. The third-order valence-electron chi connectivity index (χ3n) is 3.41. The zero-order chi connectivity index (χ0) is 16.8. The first kappa shape index (κ1) is 17.0. The van der Waals surface area contributed by atoms with Crippen LogP contribution in [0.1, 0.15) is 23.2 Å². The number of anilines is 2. The van der Waals surface area contributed by atoms with Crippen LogP contribution in [0.5, 0.6) is 0 Å². The predicted octanol–water partition coefficient (Wildman–Crippen LogP) is 4.01. The van der Waals surface area contributed by atoms with Crippen molar-refractivity contribution in [3.63, 3.8) is 0 Å². The summed E-state index contributed by atoms with van der Waals surface area (Å²) >= 11 is 5.79. The lowest BCUT2D eigenvalue weighted by molar-refractivity contribution is -0.116. The summed E-state index contributed by atoms with van der Waals surface area (Å²) in [4.78, 5) is 25.9. The Balaban J connectivity index is 1.85. The van der Waals surface area contributed by atoms with Crippen molar-refractivity contribution in [3.8, 4) is 0 Å². The Morgan fingerprint density at radius 1 is 0.957 bits per heavy atom. The van der Waals surface area contributed by atoms with Crippen LogP contribution in [0.2, 0.25) is 5.02 Å². The summed E-state index contributed by atoms with van der Waals surface area (Å²) in [7, 11) is 3.91. The molecule has 0 fully saturated rings. The van der Waals surface area contributed by atoms with Gasteiger partial charge in [0.2, 0.25) is 5.91 Å². The summed E-state index contributed by atoms with van der Waals surface area (Å²) in [5, 5.41) is 3.38. The highest BCUT2D eigenvalue weighted by atomic mass is 35.5. The minimum Gasteiger partial charge on any atom is -0.378 e. The van der Waals surface area contributed by atoms with E-state index >= 15 is 0 Å². The number of Topliss-reactive ketones (excluding diaryl/α,β-unsaturated/α-hetero) is 1. The summed E-state index contributed by atoms with van der Waals surface area (Å²) < 4.78 is 0. The molecule has 0 heterocycles. The number of rotatable bonds is 6. The summed E-state index contributed by atoms with van der Waals surface area (Å²) in [6, 6.07) is 14.2. The molecule has 5 heteroatoms. The first-order valence-electron chi connectivity index (χ1n) is 7.32. The number of nitrogens with one attached hydrogen (secondary N) is 1. The smallest absolute Gasteiger partial charge is 0.224 e. The summed E-state index contributed by atoms with van der Waals surface area (Å²) in [5.74, 6) is -0.246. The van der Waals surface area contributed by atoms with E-state index in [1.54, 1.807) is 24.3 Å². The molecule has 0 unspecified atom stereocenters. The van der Waals surface area contributed by atoms with Gasteiger partial charge in [0.05, 0.1) is 0 Å². The van der Waals surface area contributed by atoms with Gasteiger partial charge in [0.1, 0.15) is 0 Å². The van der Waals surface area contributed by atoms with Gasteiger partial charge in [-0.05, 0) is 48.5 Å². The maximum absolute atomic E-state index is 12.0. The standard InChI is InChI=1S/C18H19ClN2O2/c1-21(2)16-9-7-15(8-10-16)20-18(23)12-11-17(22)13-3-5-14(19)6-4-13/h3-10H,11-12H2,1-2H3,(H,20,23). The van der Waals surface area contributed by atoms with Crippen molar-refractivity contribution in [1.29, 1.82) is 0 Å². The molecule has 0 aromatic heterocycles. The zero-order valence-corrected chi connectivity index (χ0v) is 13.9. The van der Waals surface area contributed by atoms with Crippen molar-refractivity contribution in [1.82, 2.24) is 0 Å². The molecule has 2 rings (SSSR count). The number of ketones is 1. The van der Waals surface area contributed by atoms with Crippen molar-refractivity contribution >= 4 is 34.7 Å². The molecule has 120 valence electrons. The Hall–Kier alpha value is -2.33. The molecule has 23 heavy (non-hydrogen) atoms. The molecule has 1 N–H and O–H groups in total. The van der Waals surface area contributed by atoms with Gasteiger partial charge in [-0.3, -0.25) is 9.59 Å². The van der Waals surface area contributed by atoms with E-state index in [-0.39, 0.29) is 24.5 Å². The third kappa shape index (κ3) is 5.11. The fraction of sp³-hybridized carbons (Fsp3) is 0.222. The first-order valence-corrected chi connectivity index (χ1v) is 7.69. The molecule has 0 radical (unpaired) electrons. The van der Waals surface area contributed by atoms with Crippen molar-refractivity contribution < 1.29 is 9.59 Å². The quantitative estimate of drug-likeness (QED) is 0.814. The van der Waals surface area contributed by atoms with Crippen molar-refractivity contribution in [3.05, 3.63) is 59.1 Å². The number of nitrogens with zero attached hydrogens (tertiary/aromatic N) is 1. The Labute approximate surface area is 141 Å². The van der Waals surface area contributed by atoms with Crippen LogP contribution in [-0.4, -0.2) is 25.8 Å². The van der Waals surface area contributed by atoms with Crippen LogP contribution in [0.25, 0.3) is 0 Å². The number of hydrogen-bond donors (Lipinski definition) is 1. The van der Waals surface area contributed by atoms with Crippen LogP contribution in [0.15, 0.2) is 48.5 Å². The fourth-order valence-corrected chi connectivity index (χ4v) is 2.20. The molecule has 0 atom stereocenters. The van der Waals surface area contributed by atoms with E-state index in [1.807, 2.05) is 43.3 Å². The van der Waals surface area contributed by atoms with Crippen molar-refractivity contribution in [2.45, 2.75) is 12.8 Å². The maximum Gasteiger partial charge on any atom is 0.224 e. The van der Waals surface area contributed by atoms with E-state index < -0.39 is 0 Å². The van der Waals surface area contributed by atoms with E-state index in [9.17, 15) is 9.59 Å². The van der Waals surface area contributed by atoms with Crippen LogP contribution >= 0.6 is 11.6 Å². The highest BCUT2D eigenvalue weighted by Crippen LogP contribution is 2.16. The van der Waals surface area contributed by atoms with Crippen LogP contribution in [0.3, 0.4) is 0 Å². The molecule has 0 aliphatic rings. The Morgan fingerprint density at radius 2 is 1.57 bits per heavy atom. The second-order valence-corrected chi connectivity index (χ2v) is 5.86. The molecule has 2 aromatic rings. The number of carbonyl (C=O) groups is 2. The van der Waals surface area contributed by atoms with Crippen LogP contribution < -0.4 is 10.2 Å². The first-order chi connectivity index (χ1) is 11.0. The van der Waals surface area contributed by atoms with Gasteiger partial charge in [0.15, 0.2) is 5.78 Å². The average molecular weight is 331 g/mol. The van der Waals surface area contributed by atoms with Gasteiger partial charge in [-0.25, -0.2) is 0 Å². The lowest BCUT2D eigenvalue weighted by atomic mass is 10.1. The predicted molar refractivity (Wildman–Crippen MR) is 94.4 cm³/mol. The van der Waals surface area contributed by atoms with Crippen molar-refractivity contribution in [2.24, 2.45) is 0 Å². The van der Waals surface area contributed by atoms with Gasteiger partial charge in [-0.2, -0.15) is 0 Å². The number of halogens is 1. The lowest BCUT2D eigenvalue weighted by Gasteiger charge is -2.13. The third-order valence-corrected chi connectivity index (χ3v) is 3.66. The average Bonchev–Trinajstić information content (AvgIpc) is 2.54. The van der Waals surface area contributed by atoms with Gasteiger partial charge >= 0.3 is 0 Å². The van der Waals surface area contributed by atoms with Gasteiger partial charge in [-0.15, -0.1) is 0 Å². The van der Waals surface area contributed by atoms with E-state index in [0.29, 0.717) is 10.6 Å². The van der Waals surface area contributed by atoms with Gasteiger partial charge in [-0.1, -0.05) is 11.6 Å². The molecular formula is C18H19ClN2O2. The Kier molecular flexibility index (Phi) is 5.77. The molecule has 0 bridgehead atoms. The molecule has 4 nitrogen and oxygen atoms in total. The van der Waals surface area contributed by atoms with Gasteiger partial charge < -0.3 is 10.2 Å². The second kappa shape index (κ2) is 7.79.